The lowest BCUT2D eigenvalue weighted by molar-refractivity contribution is -0.143. The Morgan fingerprint density at radius 1 is 0.450 bits per heavy atom. The van der Waals surface area contributed by atoms with Gasteiger partial charge in [-0.2, -0.15) is 0 Å². The molecule has 0 aliphatic heterocycles. The summed E-state index contributed by atoms with van der Waals surface area (Å²) >= 11 is 0. The Kier molecular flexibility index (Phi) is 49.1. The summed E-state index contributed by atoms with van der Waals surface area (Å²) in [5.74, 6) is -0.0828. The molecule has 0 radical (unpaired) electrons. The summed E-state index contributed by atoms with van der Waals surface area (Å²) in [6.45, 7) is 4.88. The number of carbonyl (C=O) groups is 2. The van der Waals surface area contributed by atoms with Crippen molar-refractivity contribution in [3.63, 3.8) is 0 Å². The Balaban J connectivity index is 3.43. The zero-order valence-corrected chi connectivity index (χ0v) is 40.5. The van der Waals surface area contributed by atoms with Crippen LogP contribution in [0, 0.1) is 0 Å². The molecule has 0 saturated heterocycles. The van der Waals surface area contributed by atoms with Crippen molar-refractivity contribution in [1.82, 2.24) is 5.32 Å². The number of hydrogen-bond donors (Lipinski definition) is 3. The summed E-state index contributed by atoms with van der Waals surface area (Å²) in [7, 11) is 0. The van der Waals surface area contributed by atoms with Gasteiger partial charge in [0.1, 0.15) is 0 Å². The molecule has 3 N–H and O–H groups in total. The molecule has 0 aromatic carbocycles. The van der Waals surface area contributed by atoms with Crippen LogP contribution in [0.2, 0.25) is 0 Å². The van der Waals surface area contributed by atoms with Gasteiger partial charge in [-0.1, -0.05) is 264 Å². The number of esters is 1. The van der Waals surface area contributed by atoms with E-state index in [0.29, 0.717) is 19.4 Å². The SMILES string of the molecule is CCCCCCCCCCCC/C=C/C(O)C(CO)NC(=O)CCCCCCCCCCCCCCCOC(=O)CCCCCCCCCCCCCCCCCCCC. The largest absolute Gasteiger partial charge is 0.466 e. The monoisotopic (exact) mass is 848 g/mol. The maximum absolute atomic E-state index is 12.4. The molecule has 6 nitrogen and oxygen atoms in total. The number of ether oxygens (including phenoxy) is 1. The first-order valence-corrected chi connectivity index (χ1v) is 27.0. The van der Waals surface area contributed by atoms with Crippen molar-refractivity contribution in [3.8, 4) is 0 Å². The third kappa shape index (κ3) is 46.1. The zero-order chi connectivity index (χ0) is 43.7. The van der Waals surface area contributed by atoms with Gasteiger partial charge in [-0.25, -0.2) is 0 Å². The Morgan fingerprint density at radius 3 is 1.13 bits per heavy atom. The van der Waals surface area contributed by atoms with E-state index in [1.165, 1.54) is 212 Å². The smallest absolute Gasteiger partial charge is 0.305 e. The molecule has 2 atom stereocenters. The molecule has 0 spiro atoms. The first kappa shape index (κ1) is 58.6. The molecular weight excluding hydrogens is 743 g/mol. The predicted octanol–water partition coefficient (Wildman–Crippen LogP) is 16.1. The van der Waals surface area contributed by atoms with Crippen LogP contribution in [0.15, 0.2) is 12.2 Å². The van der Waals surface area contributed by atoms with Crippen LogP contribution in [0.1, 0.15) is 296 Å². The van der Waals surface area contributed by atoms with Gasteiger partial charge in [0.15, 0.2) is 0 Å². The van der Waals surface area contributed by atoms with E-state index in [2.05, 4.69) is 19.2 Å². The van der Waals surface area contributed by atoms with E-state index in [1.54, 1.807) is 6.08 Å². The standard InChI is InChI=1S/C54H105NO5/c1-3-5-7-9-11-13-15-17-18-19-20-21-24-28-32-36-40-44-48-54(59)60-49-45-41-37-33-29-25-22-23-27-31-35-39-43-47-53(58)55-51(50-56)52(57)46-42-38-34-30-26-16-14-12-10-8-6-4-2/h42,46,51-52,56-57H,3-41,43-45,47-50H2,1-2H3,(H,55,58)/b46-42+. The number of rotatable bonds is 50. The average molecular weight is 848 g/mol. The maximum atomic E-state index is 12.4. The molecule has 0 bridgehead atoms. The summed E-state index contributed by atoms with van der Waals surface area (Å²) in [6, 6.07) is -0.635. The number of hydrogen-bond acceptors (Lipinski definition) is 5. The maximum Gasteiger partial charge on any atom is 0.305 e. The summed E-state index contributed by atoms with van der Waals surface area (Å²) in [5, 5.41) is 23.0. The van der Waals surface area contributed by atoms with Gasteiger partial charge in [0.05, 0.1) is 25.4 Å². The van der Waals surface area contributed by atoms with Crippen molar-refractivity contribution in [3.05, 3.63) is 12.2 Å². The van der Waals surface area contributed by atoms with Crippen molar-refractivity contribution >= 4 is 11.9 Å². The molecule has 60 heavy (non-hydrogen) atoms. The molecule has 1 amide bonds. The lowest BCUT2D eigenvalue weighted by Gasteiger charge is -2.20. The highest BCUT2D eigenvalue weighted by molar-refractivity contribution is 5.76. The van der Waals surface area contributed by atoms with Gasteiger partial charge in [-0.15, -0.1) is 0 Å². The number of amides is 1. The second kappa shape index (κ2) is 50.2. The lowest BCUT2D eigenvalue weighted by atomic mass is 10.0. The minimum absolute atomic E-state index is 0.00245. The highest BCUT2D eigenvalue weighted by atomic mass is 16.5. The number of nitrogens with one attached hydrogen (secondary N) is 1. The molecule has 0 fully saturated rings. The summed E-state index contributed by atoms with van der Waals surface area (Å²) in [5.41, 5.74) is 0. The average Bonchev–Trinajstić information content (AvgIpc) is 3.25. The molecule has 0 aliphatic carbocycles. The van der Waals surface area contributed by atoms with Crippen molar-refractivity contribution in [1.29, 1.82) is 0 Å². The third-order valence-corrected chi connectivity index (χ3v) is 12.6. The van der Waals surface area contributed by atoms with Gasteiger partial charge >= 0.3 is 5.97 Å². The molecule has 2 unspecified atom stereocenters. The summed E-state index contributed by atoms with van der Waals surface area (Å²) in [6.07, 6.45) is 57.9. The van der Waals surface area contributed by atoms with Crippen LogP contribution in [0.4, 0.5) is 0 Å². The highest BCUT2D eigenvalue weighted by Crippen LogP contribution is 2.17. The van der Waals surface area contributed by atoms with Crippen LogP contribution >= 0.6 is 0 Å². The minimum Gasteiger partial charge on any atom is -0.466 e. The fraction of sp³-hybridized carbons (Fsp3) is 0.926. The zero-order valence-electron chi connectivity index (χ0n) is 40.5. The molecule has 0 aromatic heterocycles. The van der Waals surface area contributed by atoms with Gasteiger partial charge < -0.3 is 20.3 Å². The van der Waals surface area contributed by atoms with E-state index in [9.17, 15) is 19.8 Å². The molecule has 0 saturated carbocycles. The molecule has 0 heterocycles. The van der Waals surface area contributed by atoms with Gasteiger partial charge in [0, 0.05) is 12.8 Å². The van der Waals surface area contributed by atoms with E-state index in [1.807, 2.05) is 6.08 Å². The first-order chi connectivity index (χ1) is 29.5. The van der Waals surface area contributed by atoms with Gasteiger partial charge in [-0.05, 0) is 32.1 Å². The molecule has 0 aromatic rings. The Labute approximate surface area is 374 Å². The number of carbonyl (C=O) groups excluding carboxylic acids is 2. The van der Waals surface area contributed by atoms with Crippen molar-refractivity contribution < 1.29 is 24.5 Å². The Bertz CT molecular complexity index is 893. The van der Waals surface area contributed by atoms with E-state index in [4.69, 9.17) is 4.74 Å². The number of unbranched alkanes of at least 4 members (excludes halogenated alkanes) is 39. The first-order valence-electron chi connectivity index (χ1n) is 27.0. The van der Waals surface area contributed by atoms with Crippen molar-refractivity contribution in [2.45, 2.75) is 309 Å². The van der Waals surface area contributed by atoms with E-state index in [0.717, 1.165) is 57.8 Å². The lowest BCUT2D eigenvalue weighted by Crippen LogP contribution is -2.45. The topological polar surface area (TPSA) is 95.9 Å². The fourth-order valence-electron chi connectivity index (χ4n) is 8.40. The van der Waals surface area contributed by atoms with Crippen LogP contribution in [-0.4, -0.2) is 47.4 Å². The van der Waals surface area contributed by atoms with Crippen molar-refractivity contribution in [2.24, 2.45) is 0 Å². The van der Waals surface area contributed by atoms with Gasteiger partial charge in [0.25, 0.3) is 0 Å². The molecule has 356 valence electrons. The van der Waals surface area contributed by atoms with E-state index in [-0.39, 0.29) is 18.5 Å². The van der Waals surface area contributed by atoms with E-state index < -0.39 is 12.1 Å². The van der Waals surface area contributed by atoms with Crippen LogP contribution < -0.4 is 5.32 Å². The second-order valence-corrected chi connectivity index (χ2v) is 18.6. The second-order valence-electron chi connectivity index (χ2n) is 18.6. The van der Waals surface area contributed by atoms with Crippen molar-refractivity contribution in [2.75, 3.05) is 13.2 Å². The molecule has 6 heteroatoms. The highest BCUT2D eigenvalue weighted by Gasteiger charge is 2.18. The molecule has 0 aliphatic rings. The third-order valence-electron chi connectivity index (χ3n) is 12.6. The van der Waals surface area contributed by atoms with E-state index >= 15 is 0 Å². The van der Waals surface area contributed by atoms with Crippen LogP contribution in [0.25, 0.3) is 0 Å². The van der Waals surface area contributed by atoms with Crippen LogP contribution in [0.5, 0.6) is 0 Å². The number of aliphatic hydroxyl groups excluding tert-OH is 2. The van der Waals surface area contributed by atoms with Crippen LogP contribution in [-0.2, 0) is 14.3 Å². The number of allylic oxidation sites excluding steroid dienone is 1. The Hall–Kier alpha value is -1.40. The molecular formula is C54H105NO5. The molecule has 0 rings (SSSR count). The quantitative estimate of drug-likeness (QED) is 0.0322. The summed E-state index contributed by atoms with van der Waals surface area (Å²) in [4.78, 5) is 24.5. The number of aliphatic hydroxyl groups is 2. The predicted molar refractivity (Wildman–Crippen MR) is 260 cm³/mol. The summed E-state index contributed by atoms with van der Waals surface area (Å²) < 4.78 is 5.48. The van der Waals surface area contributed by atoms with Gasteiger partial charge in [-0.3, -0.25) is 9.59 Å². The van der Waals surface area contributed by atoms with Gasteiger partial charge in [0.2, 0.25) is 5.91 Å². The Morgan fingerprint density at radius 2 is 0.767 bits per heavy atom. The normalized spacial score (nSPS) is 12.7. The van der Waals surface area contributed by atoms with Crippen LogP contribution in [0.3, 0.4) is 0 Å². The fourth-order valence-corrected chi connectivity index (χ4v) is 8.40. The minimum atomic E-state index is -0.850.